The van der Waals surface area contributed by atoms with Crippen molar-refractivity contribution >= 4 is 17.7 Å². The molecule has 0 saturated carbocycles. The molecule has 7 heteroatoms. The van der Waals surface area contributed by atoms with E-state index in [1.807, 2.05) is 39.8 Å². The van der Waals surface area contributed by atoms with Crippen LogP contribution in [0.3, 0.4) is 0 Å². The molecule has 0 aliphatic carbocycles. The van der Waals surface area contributed by atoms with E-state index in [2.05, 4.69) is 17.1 Å². The van der Waals surface area contributed by atoms with Gasteiger partial charge in [-0.2, -0.15) is 0 Å². The van der Waals surface area contributed by atoms with Crippen molar-refractivity contribution in [3.63, 3.8) is 0 Å². The molecule has 150 valence electrons. The van der Waals surface area contributed by atoms with Gasteiger partial charge in [-0.15, -0.1) is 10.2 Å². The monoisotopic (exact) mass is 410 g/mol. The number of hydrogen-bond donors (Lipinski definition) is 0. The van der Waals surface area contributed by atoms with Crippen LogP contribution in [0.1, 0.15) is 19.8 Å². The van der Waals surface area contributed by atoms with Crippen molar-refractivity contribution in [1.82, 2.24) is 19.7 Å². The fraction of sp³-hybridized carbons (Fsp3) is 0.318. The molecule has 3 aromatic rings. The summed E-state index contributed by atoms with van der Waals surface area (Å²) in [6.07, 6.45) is 2.11. The van der Waals surface area contributed by atoms with Crippen LogP contribution < -0.4 is 0 Å². The quantitative estimate of drug-likeness (QED) is 0.584. The number of piperidine rings is 1. The zero-order valence-corrected chi connectivity index (χ0v) is 17.1. The highest BCUT2D eigenvalue weighted by Gasteiger charge is 2.22. The number of carbonyl (C=O) groups excluding carboxylic acids is 1. The maximum Gasteiger partial charge on any atom is 0.233 e. The first kappa shape index (κ1) is 19.6. The molecule has 0 unspecified atom stereocenters. The maximum atomic E-state index is 13.4. The number of hydrogen-bond acceptors (Lipinski definition) is 4. The molecule has 1 amide bonds. The topological polar surface area (TPSA) is 51.0 Å². The number of nitrogens with zero attached hydrogens (tertiary/aromatic N) is 4. The standard InChI is InChI=1S/C22H23FN4OS/c1-16-11-13-26(14-12-16)20(28)15-29-22-25-24-21(17-5-3-2-4-6-17)27(22)19-9-7-18(23)8-10-19/h2-10,16H,11-15H2,1H3. The third kappa shape index (κ3) is 4.50. The molecule has 2 heterocycles. The third-order valence-electron chi connectivity index (χ3n) is 5.21. The summed E-state index contributed by atoms with van der Waals surface area (Å²) < 4.78 is 15.3. The van der Waals surface area contributed by atoms with Crippen molar-refractivity contribution in [2.24, 2.45) is 5.92 Å². The minimum absolute atomic E-state index is 0.122. The van der Waals surface area contributed by atoms with E-state index < -0.39 is 0 Å². The Kier molecular flexibility index (Phi) is 5.94. The van der Waals surface area contributed by atoms with Crippen LogP contribution >= 0.6 is 11.8 Å². The summed E-state index contributed by atoms with van der Waals surface area (Å²) in [5, 5.41) is 9.31. The summed E-state index contributed by atoms with van der Waals surface area (Å²) in [6, 6.07) is 16.0. The number of thioether (sulfide) groups is 1. The lowest BCUT2D eigenvalue weighted by Gasteiger charge is -2.30. The predicted octanol–water partition coefficient (Wildman–Crippen LogP) is 4.42. The second kappa shape index (κ2) is 8.78. The smallest absolute Gasteiger partial charge is 0.233 e. The van der Waals surface area contributed by atoms with Gasteiger partial charge in [0, 0.05) is 24.3 Å². The molecule has 0 radical (unpaired) electrons. The molecule has 0 N–H and O–H groups in total. The van der Waals surface area contributed by atoms with Gasteiger partial charge in [0.15, 0.2) is 11.0 Å². The number of rotatable bonds is 5. The van der Waals surface area contributed by atoms with E-state index in [4.69, 9.17) is 0 Å². The van der Waals surface area contributed by atoms with Crippen molar-refractivity contribution in [2.45, 2.75) is 24.9 Å². The second-order valence-corrected chi connectivity index (χ2v) is 8.28. The summed E-state index contributed by atoms with van der Waals surface area (Å²) in [5.41, 5.74) is 1.67. The normalized spacial score (nSPS) is 14.9. The molecule has 2 aromatic carbocycles. The van der Waals surface area contributed by atoms with Crippen LogP contribution in [0.2, 0.25) is 0 Å². The summed E-state index contributed by atoms with van der Waals surface area (Å²) in [5.74, 6) is 1.48. The summed E-state index contributed by atoms with van der Waals surface area (Å²) >= 11 is 1.37. The first-order valence-electron chi connectivity index (χ1n) is 9.79. The van der Waals surface area contributed by atoms with Gasteiger partial charge in [-0.3, -0.25) is 9.36 Å². The van der Waals surface area contributed by atoms with Crippen molar-refractivity contribution in [2.75, 3.05) is 18.8 Å². The molecular weight excluding hydrogens is 387 g/mol. The highest BCUT2D eigenvalue weighted by Crippen LogP contribution is 2.28. The van der Waals surface area contributed by atoms with Gasteiger partial charge in [0.25, 0.3) is 0 Å². The van der Waals surface area contributed by atoms with Gasteiger partial charge in [-0.05, 0) is 43.0 Å². The lowest BCUT2D eigenvalue weighted by Crippen LogP contribution is -2.38. The second-order valence-electron chi connectivity index (χ2n) is 7.34. The van der Waals surface area contributed by atoms with E-state index >= 15 is 0 Å². The van der Waals surface area contributed by atoms with Crippen LogP contribution in [0, 0.1) is 11.7 Å². The fourth-order valence-corrected chi connectivity index (χ4v) is 4.29. The van der Waals surface area contributed by atoms with Crippen LogP contribution in [0.15, 0.2) is 59.8 Å². The van der Waals surface area contributed by atoms with Crippen LogP contribution in [0.5, 0.6) is 0 Å². The lowest BCUT2D eigenvalue weighted by molar-refractivity contribution is -0.129. The lowest BCUT2D eigenvalue weighted by atomic mass is 9.99. The van der Waals surface area contributed by atoms with Gasteiger partial charge in [-0.1, -0.05) is 49.0 Å². The average molecular weight is 411 g/mol. The van der Waals surface area contributed by atoms with Gasteiger partial charge >= 0.3 is 0 Å². The molecule has 0 atom stereocenters. The minimum Gasteiger partial charge on any atom is -0.342 e. The van der Waals surface area contributed by atoms with E-state index in [0.29, 0.717) is 22.7 Å². The third-order valence-corrected chi connectivity index (χ3v) is 6.12. The van der Waals surface area contributed by atoms with Gasteiger partial charge in [0.2, 0.25) is 5.91 Å². The highest BCUT2D eigenvalue weighted by molar-refractivity contribution is 7.99. The van der Waals surface area contributed by atoms with E-state index in [9.17, 15) is 9.18 Å². The molecule has 0 spiro atoms. The molecule has 4 rings (SSSR count). The van der Waals surface area contributed by atoms with Gasteiger partial charge in [0.05, 0.1) is 5.75 Å². The Bertz CT molecular complexity index is 966. The summed E-state index contributed by atoms with van der Waals surface area (Å²) in [7, 11) is 0. The molecule has 0 bridgehead atoms. The Morgan fingerprint density at radius 1 is 1.07 bits per heavy atom. The molecule has 1 aliphatic rings. The average Bonchev–Trinajstić information content (AvgIpc) is 3.17. The van der Waals surface area contributed by atoms with Crippen molar-refractivity contribution in [3.8, 4) is 17.1 Å². The van der Waals surface area contributed by atoms with Crippen LogP contribution in [-0.2, 0) is 4.79 Å². The first-order chi connectivity index (χ1) is 14.1. The molecule has 5 nitrogen and oxygen atoms in total. The fourth-order valence-electron chi connectivity index (χ4n) is 3.44. The maximum absolute atomic E-state index is 13.4. The van der Waals surface area contributed by atoms with Gasteiger partial charge in [0.1, 0.15) is 5.82 Å². The minimum atomic E-state index is -0.299. The van der Waals surface area contributed by atoms with Crippen molar-refractivity contribution in [1.29, 1.82) is 0 Å². The number of likely N-dealkylation sites (tertiary alicyclic amines) is 1. The molecule has 29 heavy (non-hydrogen) atoms. The number of halogens is 1. The zero-order valence-electron chi connectivity index (χ0n) is 16.3. The Balaban J connectivity index is 1.59. The summed E-state index contributed by atoms with van der Waals surface area (Å²) in [6.45, 7) is 3.87. The van der Waals surface area contributed by atoms with E-state index in [1.165, 1.54) is 23.9 Å². The van der Waals surface area contributed by atoms with Crippen LogP contribution in [0.4, 0.5) is 4.39 Å². The highest BCUT2D eigenvalue weighted by atomic mass is 32.2. The Morgan fingerprint density at radius 2 is 1.76 bits per heavy atom. The molecule has 1 aliphatic heterocycles. The van der Waals surface area contributed by atoms with E-state index in [1.54, 1.807) is 12.1 Å². The molecule has 1 fully saturated rings. The summed E-state index contributed by atoms with van der Waals surface area (Å²) in [4.78, 5) is 14.6. The molecule has 1 aromatic heterocycles. The van der Waals surface area contributed by atoms with Gasteiger partial charge < -0.3 is 4.90 Å². The first-order valence-corrected chi connectivity index (χ1v) is 10.8. The zero-order chi connectivity index (χ0) is 20.2. The number of amides is 1. The van der Waals surface area contributed by atoms with Crippen LogP contribution in [-0.4, -0.2) is 44.4 Å². The molecule has 1 saturated heterocycles. The van der Waals surface area contributed by atoms with Crippen molar-refractivity contribution < 1.29 is 9.18 Å². The predicted molar refractivity (Wildman–Crippen MR) is 112 cm³/mol. The SMILES string of the molecule is CC1CCN(C(=O)CSc2nnc(-c3ccccc3)n2-c2ccc(F)cc2)CC1. The van der Waals surface area contributed by atoms with E-state index in [0.717, 1.165) is 37.2 Å². The Labute approximate surface area is 173 Å². The largest absolute Gasteiger partial charge is 0.342 e. The van der Waals surface area contributed by atoms with E-state index in [-0.39, 0.29) is 11.7 Å². The van der Waals surface area contributed by atoms with Crippen molar-refractivity contribution in [3.05, 3.63) is 60.4 Å². The van der Waals surface area contributed by atoms with Gasteiger partial charge in [-0.25, -0.2) is 4.39 Å². The number of benzene rings is 2. The number of carbonyl (C=O) groups is 1. The Hall–Kier alpha value is -2.67. The molecular formula is C22H23FN4OS. The van der Waals surface area contributed by atoms with Crippen LogP contribution in [0.25, 0.3) is 17.1 Å². The number of aromatic nitrogens is 3. The Morgan fingerprint density at radius 3 is 2.45 bits per heavy atom.